The second kappa shape index (κ2) is 6.65. The van der Waals surface area contributed by atoms with Crippen LogP contribution in [0.4, 0.5) is 13.2 Å². The first kappa shape index (κ1) is 16.7. The van der Waals surface area contributed by atoms with Crippen molar-refractivity contribution >= 4 is 5.97 Å². The molecule has 23 heavy (non-hydrogen) atoms. The van der Waals surface area contributed by atoms with Crippen LogP contribution in [0.3, 0.4) is 0 Å². The molecular formula is C13H12F3N3O4. The lowest BCUT2D eigenvalue weighted by atomic mass is 10.2. The van der Waals surface area contributed by atoms with E-state index in [1.807, 2.05) is 0 Å². The molecule has 2 heterocycles. The normalized spacial score (nSPS) is 11.6. The number of rotatable bonds is 6. The van der Waals surface area contributed by atoms with E-state index in [4.69, 9.17) is 9.84 Å². The molecule has 0 aliphatic rings. The number of carboxylic acids is 1. The van der Waals surface area contributed by atoms with Gasteiger partial charge in [-0.25, -0.2) is 5.10 Å². The summed E-state index contributed by atoms with van der Waals surface area (Å²) >= 11 is 0. The first-order chi connectivity index (χ1) is 10.8. The number of aromatic nitrogens is 3. The molecule has 0 saturated heterocycles. The fraction of sp³-hybridized carbons (Fsp3) is 0.308. The molecule has 7 nitrogen and oxygen atoms in total. The summed E-state index contributed by atoms with van der Waals surface area (Å²) < 4.78 is 45.5. The van der Waals surface area contributed by atoms with Crippen molar-refractivity contribution in [3.8, 4) is 5.69 Å². The Balaban J connectivity index is 2.31. The summed E-state index contributed by atoms with van der Waals surface area (Å²) in [5.74, 6) is -1.04. The van der Waals surface area contributed by atoms with Crippen molar-refractivity contribution in [2.24, 2.45) is 0 Å². The lowest BCUT2D eigenvalue weighted by molar-refractivity contribution is -0.139. The summed E-state index contributed by atoms with van der Waals surface area (Å²) in [6, 6.07) is 2.99. The highest BCUT2D eigenvalue weighted by atomic mass is 19.4. The number of H-pyrrole nitrogens is 1. The first-order valence-corrected chi connectivity index (χ1v) is 6.41. The van der Waals surface area contributed by atoms with E-state index in [2.05, 4.69) is 5.10 Å². The van der Waals surface area contributed by atoms with Gasteiger partial charge in [0.1, 0.15) is 5.56 Å². The maximum atomic E-state index is 13.1. The smallest absolute Gasteiger partial charge is 0.423 e. The van der Waals surface area contributed by atoms with Crippen LogP contribution in [0, 0.1) is 0 Å². The van der Waals surface area contributed by atoms with Gasteiger partial charge in [0.05, 0.1) is 31.5 Å². The summed E-state index contributed by atoms with van der Waals surface area (Å²) in [5.41, 5.74) is -2.81. The van der Waals surface area contributed by atoms with Gasteiger partial charge in [-0.05, 0) is 12.1 Å². The first-order valence-electron chi connectivity index (χ1n) is 6.41. The lowest BCUT2D eigenvalue weighted by Crippen LogP contribution is -2.25. The van der Waals surface area contributed by atoms with Gasteiger partial charge in [-0.1, -0.05) is 0 Å². The molecule has 2 aromatic rings. The molecule has 0 fully saturated rings. The topological polar surface area (TPSA) is 97.2 Å². The van der Waals surface area contributed by atoms with Crippen LogP contribution >= 0.6 is 0 Å². The molecular weight excluding hydrogens is 319 g/mol. The molecule has 0 atom stereocenters. The number of ether oxygens (including phenoxy) is 1. The van der Waals surface area contributed by atoms with Gasteiger partial charge < -0.3 is 14.4 Å². The monoisotopic (exact) mass is 331 g/mol. The molecule has 0 bridgehead atoms. The van der Waals surface area contributed by atoms with Gasteiger partial charge in [-0.15, -0.1) is 0 Å². The summed E-state index contributed by atoms with van der Waals surface area (Å²) in [6.07, 6.45) is -2.84. The lowest BCUT2D eigenvalue weighted by Gasteiger charge is -2.14. The number of carbonyl (C=O) groups is 1. The van der Waals surface area contributed by atoms with Crippen LogP contribution in [0.2, 0.25) is 0 Å². The Kier molecular flexibility index (Phi) is 4.84. The van der Waals surface area contributed by atoms with Crippen molar-refractivity contribution in [3.05, 3.63) is 46.1 Å². The number of hydrogen-bond acceptors (Lipinski definition) is 4. The Morgan fingerprint density at radius 2 is 2.17 bits per heavy atom. The van der Waals surface area contributed by atoms with Crippen LogP contribution in [0.15, 0.2) is 29.3 Å². The molecule has 0 unspecified atom stereocenters. The molecule has 0 aliphatic heterocycles. The molecule has 0 radical (unpaired) electrons. The van der Waals surface area contributed by atoms with Crippen LogP contribution in [0.25, 0.3) is 5.69 Å². The second-order valence-electron chi connectivity index (χ2n) is 4.52. The van der Waals surface area contributed by atoms with Gasteiger partial charge in [0.25, 0.3) is 5.56 Å². The van der Waals surface area contributed by atoms with Crippen LogP contribution in [-0.4, -0.2) is 32.4 Å². The molecule has 10 heteroatoms. The summed E-state index contributed by atoms with van der Waals surface area (Å²) in [4.78, 5) is 21.9. The largest absolute Gasteiger partial charge is 0.481 e. The van der Waals surface area contributed by atoms with Crippen molar-refractivity contribution in [1.82, 2.24) is 14.8 Å². The van der Waals surface area contributed by atoms with Crippen LogP contribution < -0.4 is 5.56 Å². The third kappa shape index (κ3) is 3.97. The van der Waals surface area contributed by atoms with Crippen LogP contribution in [0.5, 0.6) is 0 Å². The van der Waals surface area contributed by atoms with Crippen LogP contribution in [-0.2, 0) is 22.3 Å². The van der Waals surface area contributed by atoms with Crippen molar-refractivity contribution in [1.29, 1.82) is 0 Å². The zero-order chi connectivity index (χ0) is 17.0. The number of hydrogen-bond donors (Lipinski definition) is 2. The Morgan fingerprint density at radius 1 is 1.43 bits per heavy atom. The highest BCUT2D eigenvalue weighted by Crippen LogP contribution is 2.31. The maximum Gasteiger partial charge on any atom is 0.423 e. The summed E-state index contributed by atoms with van der Waals surface area (Å²) in [7, 11) is 0. The fourth-order valence-corrected chi connectivity index (χ4v) is 1.95. The number of aliphatic carboxylic acids is 1. The number of halogens is 3. The maximum absolute atomic E-state index is 13.1. The molecule has 124 valence electrons. The van der Waals surface area contributed by atoms with Crippen molar-refractivity contribution in [2.75, 3.05) is 6.61 Å². The molecule has 2 aromatic heterocycles. The Labute approximate surface area is 127 Å². The highest BCUT2D eigenvalue weighted by Gasteiger charge is 2.38. The third-order valence-electron chi connectivity index (χ3n) is 2.92. The molecule has 0 aromatic carbocycles. The van der Waals surface area contributed by atoms with Gasteiger partial charge in [-0.2, -0.15) is 18.3 Å². The van der Waals surface area contributed by atoms with Gasteiger partial charge in [0.2, 0.25) is 0 Å². The van der Waals surface area contributed by atoms with Crippen LogP contribution in [0.1, 0.15) is 17.7 Å². The van der Waals surface area contributed by atoms with E-state index in [1.54, 1.807) is 5.10 Å². The van der Waals surface area contributed by atoms with E-state index in [1.165, 1.54) is 18.3 Å². The molecule has 0 amide bonds. The van der Waals surface area contributed by atoms with Crippen molar-refractivity contribution < 1.29 is 27.8 Å². The minimum absolute atomic E-state index is 0.0831. The van der Waals surface area contributed by atoms with Crippen molar-refractivity contribution in [2.45, 2.75) is 19.2 Å². The van der Waals surface area contributed by atoms with E-state index in [0.29, 0.717) is 5.69 Å². The average Bonchev–Trinajstić information content (AvgIpc) is 2.90. The quantitative estimate of drug-likeness (QED) is 0.783. The minimum Gasteiger partial charge on any atom is -0.481 e. The highest BCUT2D eigenvalue weighted by molar-refractivity contribution is 5.66. The van der Waals surface area contributed by atoms with Gasteiger partial charge in [-0.3, -0.25) is 9.59 Å². The molecule has 2 rings (SSSR count). The van der Waals surface area contributed by atoms with E-state index >= 15 is 0 Å². The second-order valence-corrected chi connectivity index (χ2v) is 4.52. The molecule has 0 aliphatic carbocycles. The number of nitrogens with one attached hydrogen (secondary N) is 1. The van der Waals surface area contributed by atoms with E-state index in [0.717, 1.165) is 10.8 Å². The van der Waals surface area contributed by atoms with Gasteiger partial charge in [0, 0.05) is 11.9 Å². The summed E-state index contributed by atoms with van der Waals surface area (Å²) in [5, 5.41) is 13.7. The predicted molar refractivity (Wildman–Crippen MR) is 71.1 cm³/mol. The number of carboxylic acid groups (broad SMARTS) is 1. The van der Waals surface area contributed by atoms with Gasteiger partial charge in [0.15, 0.2) is 0 Å². The standard InChI is InChI=1S/C13H12F3N3O4/c14-13(15,16)11-9(6-17-18-12(11)22)19-4-1-2-8(19)7-23-5-3-10(20)21/h1-2,4,6H,3,5,7H2,(H,18,22)(H,20,21). The summed E-state index contributed by atoms with van der Waals surface area (Å²) in [6.45, 7) is -0.190. The number of alkyl halides is 3. The SMILES string of the molecule is O=C(O)CCOCc1cccn1-c1cn[nH]c(=O)c1C(F)(F)F. The predicted octanol–water partition coefficient (Wildman–Crippen LogP) is 1.57. The van der Waals surface area contributed by atoms with Gasteiger partial charge >= 0.3 is 12.1 Å². The van der Waals surface area contributed by atoms with Crippen molar-refractivity contribution in [3.63, 3.8) is 0 Å². The van der Waals surface area contributed by atoms with E-state index in [-0.39, 0.29) is 19.6 Å². The Bertz CT molecular complexity index is 751. The number of nitrogens with zero attached hydrogens (tertiary/aromatic N) is 2. The zero-order valence-electron chi connectivity index (χ0n) is 11.6. The minimum atomic E-state index is -4.85. The Hall–Kier alpha value is -2.62. The molecule has 2 N–H and O–H groups in total. The third-order valence-corrected chi connectivity index (χ3v) is 2.92. The number of aromatic amines is 1. The molecule has 0 spiro atoms. The average molecular weight is 331 g/mol. The molecule has 0 saturated carbocycles. The zero-order valence-corrected chi connectivity index (χ0v) is 11.6. The van der Waals surface area contributed by atoms with E-state index < -0.39 is 29.0 Å². The Morgan fingerprint density at radius 3 is 2.83 bits per heavy atom. The fourth-order valence-electron chi connectivity index (χ4n) is 1.95. The van der Waals surface area contributed by atoms with E-state index in [9.17, 15) is 22.8 Å².